The topological polar surface area (TPSA) is 12.0 Å². The summed E-state index contributed by atoms with van der Waals surface area (Å²) < 4.78 is 0. The Hall–Kier alpha value is -1.05. The average Bonchev–Trinajstić information content (AvgIpc) is 2.40. The molecule has 18 heavy (non-hydrogen) atoms. The first kappa shape index (κ1) is 13.4. The van der Waals surface area contributed by atoms with Gasteiger partial charge in [0.05, 0.1) is 0 Å². The van der Waals surface area contributed by atoms with Gasteiger partial charge in [0.15, 0.2) is 0 Å². The average molecular weight is 262 g/mol. The van der Waals surface area contributed by atoms with Crippen LogP contribution in [0.3, 0.4) is 0 Å². The van der Waals surface area contributed by atoms with E-state index in [-0.39, 0.29) is 12.4 Å². The van der Waals surface area contributed by atoms with E-state index in [1.807, 2.05) is 0 Å². The van der Waals surface area contributed by atoms with Crippen LogP contribution in [0.2, 0.25) is 0 Å². The maximum atomic E-state index is 3.63. The zero-order chi connectivity index (χ0) is 11.5. The van der Waals surface area contributed by atoms with E-state index in [4.69, 9.17) is 0 Å². The predicted octanol–water partition coefficient (Wildman–Crippen LogP) is 3.95. The van der Waals surface area contributed by atoms with Crippen molar-refractivity contribution in [2.24, 2.45) is 0 Å². The molecule has 0 spiro atoms. The van der Waals surface area contributed by atoms with E-state index in [2.05, 4.69) is 47.8 Å². The fourth-order valence-corrected chi connectivity index (χ4v) is 2.83. The number of nitrogens with one attached hydrogen (secondary N) is 1. The molecule has 1 aliphatic heterocycles. The molecule has 0 aromatic heterocycles. The van der Waals surface area contributed by atoms with E-state index in [1.165, 1.54) is 48.6 Å². The fraction of sp³-hybridized carbons (Fsp3) is 0.375. The molecule has 1 heterocycles. The summed E-state index contributed by atoms with van der Waals surface area (Å²) in [7, 11) is 0. The second-order valence-corrected chi connectivity index (χ2v) is 4.99. The van der Waals surface area contributed by atoms with Crippen LogP contribution in [0.5, 0.6) is 0 Å². The van der Waals surface area contributed by atoms with Gasteiger partial charge in [-0.05, 0) is 42.1 Å². The van der Waals surface area contributed by atoms with E-state index in [0.717, 1.165) is 0 Å². The van der Waals surface area contributed by atoms with Gasteiger partial charge in [-0.1, -0.05) is 48.9 Å². The van der Waals surface area contributed by atoms with Crippen molar-refractivity contribution in [3.05, 3.63) is 48.0 Å². The second kappa shape index (κ2) is 6.21. The molecule has 96 valence electrons. The lowest BCUT2D eigenvalue weighted by Crippen LogP contribution is -2.35. The van der Waals surface area contributed by atoms with Crippen molar-refractivity contribution >= 4 is 23.2 Å². The first-order valence-corrected chi connectivity index (χ1v) is 6.63. The van der Waals surface area contributed by atoms with Crippen molar-refractivity contribution in [1.29, 1.82) is 0 Å². The van der Waals surface area contributed by atoms with Crippen LogP contribution in [0.25, 0.3) is 10.8 Å². The van der Waals surface area contributed by atoms with E-state index >= 15 is 0 Å². The van der Waals surface area contributed by atoms with Crippen LogP contribution in [0.1, 0.15) is 24.8 Å². The Balaban J connectivity index is 0.00000120. The molecule has 2 aromatic rings. The Morgan fingerprint density at radius 3 is 2.67 bits per heavy atom. The number of benzene rings is 2. The van der Waals surface area contributed by atoms with Crippen molar-refractivity contribution in [1.82, 2.24) is 5.32 Å². The Bertz CT molecular complexity index is 498. The number of hydrogen-bond donors (Lipinski definition) is 1. The van der Waals surface area contributed by atoms with Crippen LogP contribution in [0.15, 0.2) is 42.5 Å². The minimum absolute atomic E-state index is 0. The highest BCUT2D eigenvalue weighted by Gasteiger charge is 2.13. The van der Waals surface area contributed by atoms with Crippen molar-refractivity contribution in [3.63, 3.8) is 0 Å². The largest absolute Gasteiger partial charge is 0.314 e. The number of halogens is 1. The van der Waals surface area contributed by atoms with E-state index < -0.39 is 0 Å². The van der Waals surface area contributed by atoms with E-state index in [9.17, 15) is 0 Å². The Kier molecular flexibility index (Phi) is 4.62. The third-order valence-electron chi connectivity index (χ3n) is 3.76. The van der Waals surface area contributed by atoms with Gasteiger partial charge in [-0.3, -0.25) is 0 Å². The quantitative estimate of drug-likeness (QED) is 0.863. The second-order valence-electron chi connectivity index (χ2n) is 4.99. The van der Waals surface area contributed by atoms with Gasteiger partial charge in [0.25, 0.3) is 0 Å². The summed E-state index contributed by atoms with van der Waals surface area (Å²) in [6.07, 6.45) is 5.21. The molecule has 0 bridgehead atoms. The maximum Gasteiger partial charge on any atom is 0.0108 e. The van der Waals surface area contributed by atoms with Gasteiger partial charge in [0, 0.05) is 6.04 Å². The van der Waals surface area contributed by atoms with Gasteiger partial charge in [-0.25, -0.2) is 0 Å². The molecular formula is C16H20ClN. The molecular weight excluding hydrogens is 242 g/mol. The molecule has 1 saturated heterocycles. The van der Waals surface area contributed by atoms with E-state index in [1.54, 1.807) is 0 Å². The molecule has 3 rings (SSSR count). The molecule has 0 amide bonds. The number of fused-ring (bicyclic) bond motifs is 1. The summed E-state index contributed by atoms with van der Waals surface area (Å²) in [6, 6.07) is 16.0. The lowest BCUT2D eigenvalue weighted by molar-refractivity contribution is 0.400. The number of rotatable bonds is 2. The highest BCUT2D eigenvalue weighted by molar-refractivity contribution is 5.86. The molecule has 1 fully saturated rings. The van der Waals surface area contributed by atoms with Crippen LogP contribution in [0, 0.1) is 0 Å². The van der Waals surface area contributed by atoms with Crippen LogP contribution in [-0.4, -0.2) is 12.6 Å². The molecule has 0 radical (unpaired) electrons. The first-order chi connectivity index (χ1) is 8.43. The van der Waals surface area contributed by atoms with Gasteiger partial charge in [-0.2, -0.15) is 0 Å². The molecule has 1 N–H and O–H groups in total. The van der Waals surface area contributed by atoms with E-state index in [0.29, 0.717) is 6.04 Å². The Labute approximate surface area is 115 Å². The van der Waals surface area contributed by atoms with Crippen LogP contribution in [0.4, 0.5) is 0 Å². The Morgan fingerprint density at radius 1 is 1.00 bits per heavy atom. The number of piperidine rings is 1. The third-order valence-corrected chi connectivity index (χ3v) is 3.76. The highest BCUT2D eigenvalue weighted by atomic mass is 35.5. The van der Waals surface area contributed by atoms with Gasteiger partial charge in [-0.15, -0.1) is 12.4 Å². The standard InChI is InChI=1S/C16H19N.ClH/c1-2-10-16-13(6-1)7-5-8-14(16)12-15-9-3-4-11-17-15;/h1-2,5-8,10,15,17H,3-4,9,11-12H2;1H. The molecule has 1 unspecified atom stereocenters. The van der Waals surface area contributed by atoms with Crippen LogP contribution < -0.4 is 5.32 Å². The van der Waals surface area contributed by atoms with Crippen molar-refractivity contribution < 1.29 is 0 Å². The van der Waals surface area contributed by atoms with Crippen LogP contribution >= 0.6 is 12.4 Å². The molecule has 1 nitrogen and oxygen atoms in total. The zero-order valence-corrected chi connectivity index (χ0v) is 11.4. The third kappa shape index (κ3) is 2.85. The summed E-state index contributed by atoms with van der Waals surface area (Å²) in [5, 5.41) is 6.41. The summed E-state index contributed by atoms with van der Waals surface area (Å²) >= 11 is 0. The number of hydrogen-bond acceptors (Lipinski definition) is 1. The SMILES string of the molecule is Cl.c1ccc2c(CC3CCCCN3)cccc2c1. The lowest BCUT2D eigenvalue weighted by atomic mass is 9.94. The minimum atomic E-state index is 0. The van der Waals surface area contributed by atoms with Crippen molar-refractivity contribution in [2.45, 2.75) is 31.7 Å². The molecule has 2 aromatic carbocycles. The maximum absolute atomic E-state index is 3.63. The zero-order valence-electron chi connectivity index (χ0n) is 10.6. The predicted molar refractivity (Wildman–Crippen MR) is 80.5 cm³/mol. The lowest BCUT2D eigenvalue weighted by Gasteiger charge is -2.24. The fourth-order valence-electron chi connectivity index (χ4n) is 2.83. The normalized spacial score (nSPS) is 19.4. The molecule has 1 aliphatic rings. The minimum Gasteiger partial charge on any atom is -0.314 e. The highest BCUT2D eigenvalue weighted by Crippen LogP contribution is 2.21. The summed E-state index contributed by atoms with van der Waals surface area (Å²) in [5.41, 5.74) is 1.49. The van der Waals surface area contributed by atoms with Gasteiger partial charge < -0.3 is 5.32 Å². The monoisotopic (exact) mass is 261 g/mol. The summed E-state index contributed by atoms with van der Waals surface area (Å²) in [6.45, 7) is 1.19. The molecule has 0 saturated carbocycles. The smallest absolute Gasteiger partial charge is 0.0108 e. The molecule has 2 heteroatoms. The Morgan fingerprint density at radius 2 is 1.83 bits per heavy atom. The first-order valence-electron chi connectivity index (χ1n) is 6.63. The van der Waals surface area contributed by atoms with Gasteiger partial charge in [0.2, 0.25) is 0 Å². The van der Waals surface area contributed by atoms with Crippen LogP contribution in [-0.2, 0) is 6.42 Å². The summed E-state index contributed by atoms with van der Waals surface area (Å²) in [5.74, 6) is 0. The van der Waals surface area contributed by atoms with Crippen molar-refractivity contribution in [2.75, 3.05) is 6.54 Å². The molecule has 0 aliphatic carbocycles. The van der Waals surface area contributed by atoms with Crippen molar-refractivity contribution in [3.8, 4) is 0 Å². The van der Waals surface area contributed by atoms with Gasteiger partial charge in [0.1, 0.15) is 0 Å². The summed E-state index contributed by atoms with van der Waals surface area (Å²) in [4.78, 5) is 0. The molecule has 1 atom stereocenters. The van der Waals surface area contributed by atoms with Gasteiger partial charge >= 0.3 is 0 Å².